The van der Waals surface area contributed by atoms with Crippen molar-refractivity contribution in [1.82, 2.24) is 9.80 Å². The molecule has 0 aromatic heterocycles. The summed E-state index contributed by atoms with van der Waals surface area (Å²) in [4.78, 5) is 16.6. The Hall–Kier alpha value is -0.570. The van der Waals surface area contributed by atoms with Gasteiger partial charge in [-0.15, -0.1) is 0 Å². The third-order valence-electron chi connectivity index (χ3n) is 4.17. The van der Waals surface area contributed by atoms with Crippen LogP contribution in [-0.4, -0.2) is 48.4 Å². The van der Waals surface area contributed by atoms with E-state index < -0.39 is 0 Å². The molecule has 0 N–H and O–H groups in total. The van der Waals surface area contributed by atoms with Crippen molar-refractivity contribution < 1.29 is 4.79 Å². The second-order valence-corrected chi connectivity index (χ2v) is 7.04. The van der Waals surface area contributed by atoms with Crippen LogP contribution in [0.25, 0.3) is 0 Å². The first-order valence-electron chi connectivity index (χ1n) is 8.49. The van der Waals surface area contributed by atoms with Gasteiger partial charge in [-0.05, 0) is 31.2 Å². The van der Waals surface area contributed by atoms with E-state index in [1.807, 2.05) is 0 Å². The minimum Gasteiger partial charge on any atom is -0.340 e. The summed E-state index contributed by atoms with van der Waals surface area (Å²) < 4.78 is 0. The predicted octanol–water partition coefficient (Wildman–Crippen LogP) is 3.39. The number of unbranched alkanes of at least 4 members (excludes halogenated alkanes) is 1. The summed E-state index contributed by atoms with van der Waals surface area (Å²) >= 11 is 0. The van der Waals surface area contributed by atoms with Gasteiger partial charge in [-0.3, -0.25) is 9.69 Å². The molecule has 0 saturated carbocycles. The Morgan fingerprint density at radius 3 is 2.05 bits per heavy atom. The van der Waals surface area contributed by atoms with Crippen LogP contribution in [-0.2, 0) is 4.79 Å². The van der Waals surface area contributed by atoms with Gasteiger partial charge in [0.15, 0.2) is 0 Å². The lowest BCUT2D eigenvalue weighted by Crippen LogP contribution is -2.48. The first-order chi connectivity index (χ1) is 9.49. The average Bonchev–Trinajstić information content (AvgIpc) is 2.41. The number of rotatable bonds is 8. The van der Waals surface area contributed by atoms with E-state index in [4.69, 9.17) is 0 Å². The molecule has 0 spiro atoms. The Bertz CT molecular complexity index is 268. The molecule has 0 unspecified atom stereocenters. The molecule has 3 heteroatoms. The molecule has 1 rings (SSSR count). The van der Waals surface area contributed by atoms with Gasteiger partial charge in [-0.25, -0.2) is 0 Å². The van der Waals surface area contributed by atoms with Gasteiger partial charge in [-0.2, -0.15) is 0 Å². The molecule has 1 amide bonds. The van der Waals surface area contributed by atoms with Crippen LogP contribution in [0.1, 0.15) is 59.8 Å². The third-order valence-corrected chi connectivity index (χ3v) is 4.17. The van der Waals surface area contributed by atoms with Gasteiger partial charge in [0.25, 0.3) is 0 Å². The molecule has 0 atom stereocenters. The monoisotopic (exact) mass is 282 g/mol. The second-order valence-electron chi connectivity index (χ2n) is 7.04. The molecule has 1 aliphatic rings. The summed E-state index contributed by atoms with van der Waals surface area (Å²) in [6.45, 7) is 14.2. The molecule has 20 heavy (non-hydrogen) atoms. The minimum absolute atomic E-state index is 0.359. The molecule has 0 radical (unpaired) electrons. The van der Waals surface area contributed by atoms with Gasteiger partial charge in [0.05, 0.1) is 0 Å². The average molecular weight is 282 g/mol. The van der Waals surface area contributed by atoms with Crippen LogP contribution < -0.4 is 0 Å². The maximum atomic E-state index is 12.1. The fraction of sp³-hybridized carbons (Fsp3) is 0.941. The van der Waals surface area contributed by atoms with Crippen molar-refractivity contribution >= 4 is 5.91 Å². The van der Waals surface area contributed by atoms with Crippen LogP contribution in [0.2, 0.25) is 0 Å². The summed E-state index contributed by atoms with van der Waals surface area (Å²) in [5, 5.41) is 0. The van der Waals surface area contributed by atoms with E-state index in [1.54, 1.807) is 0 Å². The number of carbonyl (C=O) groups excluding carboxylic acids is 1. The highest BCUT2D eigenvalue weighted by Gasteiger charge is 2.20. The first kappa shape index (κ1) is 17.5. The maximum Gasteiger partial charge on any atom is 0.222 e. The Balaban J connectivity index is 2.11. The molecule has 0 bridgehead atoms. The Morgan fingerprint density at radius 1 is 0.900 bits per heavy atom. The third kappa shape index (κ3) is 7.28. The predicted molar refractivity (Wildman–Crippen MR) is 85.8 cm³/mol. The van der Waals surface area contributed by atoms with Gasteiger partial charge >= 0.3 is 0 Å². The molecular formula is C17H34N2O. The lowest BCUT2D eigenvalue weighted by molar-refractivity contribution is -0.133. The second kappa shape index (κ2) is 9.38. The van der Waals surface area contributed by atoms with Gasteiger partial charge < -0.3 is 4.90 Å². The Kier molecular flexibility index (Phi) is 8.20. The molecule has 1 heterocycles. The Labute approximate surface area is 125 Å². The van der Waals surface area contributed by atoms with Crippen molar-refractivity contribution in [2.75, 3.05) is 32.7 Å². The van der Waals surface area contributed by atoms with Gasteiger partial charge in [0.1, 0.15) is 0 Å². The van der Waals surface area contributed by atoms with E-state index >= 15 is 0 Å². The van der Waals surface area contributed by atoms with Crippen molar-refractivity contribution in [3.05, 3.63) is 0 Å². The van der Waals surface area contributed by atoms with Gasteiger partial charge in [0.2, 0.25) is 5.91 Å². The van der Waals surface area contributed by atoms with Crippen LogP contribution in [0.3, 0.4) is 0 Å². The highest BCUT2D eigenvalue weighted by atomic mass is 16.2. The number of hydrogen-bond acceptors (Lipinski definition) is 2. The highest BCUT2D eigenvalue weighted by molar-refractivity contribution is 5.76. The number of piperazine rings is 1. The largest absolute Gasteiger partial charge is 0.340 e. The molecule has 0 aromatic rings. The summed E-state index contributed by atoms with van der Waals surface area (Å²) in [5.41, 5.74) is 0. The quantitative estimate of drug-likeness (QED) is 0.637. The molecule has 1 aliphatic heterocycles. The molecule has 3 nitrogen and oxygen atoms in total. The van der Waals surface area contributed by atoms with Crippen LogP contribution in [0.15, 0.2) is 0 Å². The summed E-state index contributed by atoms with van der Waals surface area (Å²) in [7, 11) is 0. The van der Waals surface area contributed by atoms with Gasteiger partial charge in [0, 0.05) is 32.6 Å². The smallest absolute Gasteiger partial charge is 0.222 e. The molecule has 1 saturated heterocycles. The van der Waals surface area contributed by atoms with Crippen molar-refractivity contribution in [3.8, 4) is 0 Å². The number of hydrogen-bond donors (Lipinski definition) is 0. The minimum atomic E-state index is 0.359. The van der Waals surface area contributed by atoms with Crippen LogP contribution in [0.4, 0.5) is 0 Å². The number of amides is 1. The standard InChI is InChI=1S/C17H34N2O/c1-15(2)7-5-6-10-18-11-13-19(14-12-18)17(20)9-8-16(3)4/h15-16H,5-14H2,1-4H3. The van der Waals surface area contributed by atoms with E-state index in [1.165, 1.54) is 25.8 Å². The van der Waals surface area contributed by atoms with E-state index in [9.17, 15) is 4.79 Å². The number of carbonyl (C=O) groups is 1. The van der Waals surface area contributed by atoms with Crippen LogP contribution in [0, 0.1) is 11.8 Å². The fourth-order valence-corrected chi connectivity index (χ4v) is 2.68. The van der Waals surface area contributed by atoms with Crippen molar-refractivity contribution in [1.29, 1.82) is 0 Å². The SMILES string of the molecule is CC(C)CCCCN1CCN(C(=O)CCC(C)C)CC1. The topological polar surface area (TPSA) is 23.6 Å². The zero-order chi connectivity index (χ0) is 15.0. The van der Waals surface area contributed by atoms with Crippen molar-refractivity contribution in [2.24, 2.45) is 11.8 Å². The summed E-state index contributed by atoms with van der Waals surface area (Å²) in [6.07, 6.45) is 5.73. The van der Waals surface area contributed by atoms with Crippen molar-refractivity contribution in [2.45, 2.75) is 59.8 Å². The van der Waals surface area contributed by atoms with E-state index in [0.29, 0.717) is 11.8 Å². The molecule has 1 fully saturated rings. The van der Waals surface area contributed by atoms with E-state index in [2.05, 4.69) is 37.5 Å². The fourth-order valence-electron chi connectivity index (χ4n) is 2.68. The highest BCUT2D eigenvalue weighted by Crippen LogP contribution is 2.11. The molecule has 118 valence electrons. The summed E-state index contributed by atoms with van der Waals surface area (Å²) in [5.74, 6) is 1.81. The molecular weight excluding hydrogens is 248 g/mol. The molecule has 0 aromatic carbocycles. The van der Waals surface area contributed by atoms with Crippen LogP contribution in [0.5, 0.6) is 0 Å². The first-order valence-corrected chi connectivity index (χ1v) is 8.49. The lowest BCUT2D eigenvalue weighted by Gasteiger charge is -2.35. The Morgan fingerprint density at radius 2 is 1.50 bits per heavy atom. The maximum absolute atomic E-state index is 12.1. The zero-order valence-corrected chi connectivity index (χ0v) is 14.0. The van der Waals surface area contributed by atoms with E-state index in [-0.39, 0.29) is 0 Å². The van der Waals surface area contributed by atoms with E-state index in [0.717, 1.165) is 44.9 Å². The van der Waals surface area contributed by atoms with Gasteiger partial charge in [-0.1, -0.05) is 40.5 Å². The molecule has 0 aliphatic carbocycles. The zero-order valence-electron chi connectivity index (χ0n) is 14.0. The normalized spacial score (nSPS) is 17.2. The van der Waals surface area contributed by atoms with Crippen LogP contribution >= 0.6 is 0 Å². The van der Waals surface area contributed by atoms with Crippen molar-refractivity contribution in [3.63, 3.8) is 0 Å². The summed E-state index contributed by atoms with van der Waals surface area (Å²) in [6, 6.07) is 0. The lowest BCUT2D eigenvalue weighted by atomic mass is 10.1. The number of nitrogens with zero attached hydrogens (tertiary/aromatic N) is 2.